The molecule has 0 saturated heterocycles. The maximum atomic E-state index is 13.3. The maximum Gasteiger partial charge on any atom is 0.262 e. The van der Waals surface area contributed by atoms with E-state index < -0.39 is 10.0 Å². The van der Waals surface area contributed by atoms with Gasteiger partial charge in [0.1, 0.15) is 5.75 Å². The first kappa shape index (κ1) is 21.9. The molecule has 0 radical (unpaired) electrons. The first-order valence-electron chi connectivity index (χ1n) is 11.6. The molecule has 3 aliphatic rings. The summed E-state index contributed by atoms with van der Waals surface area (Å²) in [6, 6.07) is 16.8. The average Bonchev–Trinajstić information content (AvgIpc) is 3.52. The van der Waals surface area contributed by atoms with Crippen molar-refractivity contribution < 1.29 is 22.6 Å². The van der Waals surface area contributed by atoms with E-state index >= 15 is 0 Å². The van der Waals surface area contributed by atoms with Gasteiger partial charge in [-0.15, -0.1) is 0 Å². The zero-order valence-corrected chi connectivity index (χ0v) is 20.3. The fourth-order valence-electron chi connectivity index (χ4n) is 5.28. The molecule has 0 saturated carbocycles. The van der Waals surface area contributed by atoms with Crippen LogP contribution in [0.15, 0.2) is 71.6 Å². The van der Waals surface area contributed by atoms with Crippen LogP contribution in [-0.2, 0) is 10.0 Å². The second kappa shape index (κ2) is 8.23. The smallest absolute Gasteiger partial charge is 0.262 e. The minimum Gasteiger partial charge on any atom is -0.495 e. The predicted molar refractivity (Wildman–Crippen MR) is 134 cm³/mol. The number of anilines is 2. The van der Waals surface area contributed by atoms with E-state index in [1.807, 2.05) is 31.2 Å². The maximum absolute atomic E-state index is 13.3. The molecule has 3 aromatic rings. The van der Waals surface area contributed by atoms with Crippen molar-refractivity contribution in [1.29, 1.82) is 0 Å². The number of allylic oxidation sites excluding steroid dienone is 2. The van der Waals surface area contributed by atoms with E-state index in [1.165, 1.54) is 7.11 Å². The van der Waals surface area contributed by atoms with Gasteiger partial charge in [-0.2, -0.15) is 0 Å². The topological polar surface area (TPSA) is 85.9 Å². The monoisotopic (exact) mass is 490 g/mol. The first-order chi connectivity index (χ1) is 16.9. The summed E-state index contributed by atoms with van der Waals surface area (Å²) in [6.07, 6.45) is 5.28. The lowest BCUT2D eigenvalue weighted by Crippen LogP contribution is -2.29. The van der Waals surface area contributed by atoms with Gasteiger partial charge in [-0.3, -0.25) is 4.72 Å². The molecule has 0 spiro atoms. The van der Waals surface area contributed by atoms with Gasteiger partial charge in [0.05, 0.1) is 23.7 Å². The molecular weight excluding hydrogens is 464 g/mol. The molecule has 3 aromatic carbocycles. The SMILES string of the molecule is COc1ccc(C)cc1NS(=O)(=O)c1ccc2c(c1)[C@H]1C=CC[C@H]1[C@@H](c1ccc3c(c1)OCO3)N2. The van der Waals surface area contributed by atoms with Crippen molar-refractivity contribution in [3.63, 3.8) is 0 Å². The Balaban J connectivity index is 1.33. The van der Waals surface area contributed by atoms with E-state index in [-0.39, 0.29) is 29.6 Å². The number of nitrogens with one attached hydrogen (secondary N) is 2. The van der Waals surface area contributed by atoms with E-state index in [4.69, 9.17) is 14.2 Å². The molecule has 0 fully saturated rings. The highest BCUT2D eigenvalue weighted by Gasteiger charge is 2.39. The third kappa shape index (κ3) is 3.78. The van der Waals surface area contributed by atoms with Crippen LogP contribution in [0.2, 0.25) is 0 Å². The fourth-order valence-corrected chi connectivity index (χ4v) is 6.38. The lowest BCUT2D eigenvalue weighted by Gasteiger charge is -2.37. The Morgan fingerprint density at radius 1 is 1.03 bits per heavy atom. The summed E-state index contributed by atoms with van der Waals surface area (Å²) in [5.74, 6) is 2.38. The summed E-state index contributed by atoms with van der Waals surface area (Å²) < 4.78 is 45.8. The largest absolute Gasteiger partial charge is 0.495 e. The molecule has 1 aliphatic carbocycles. The van der Waals surface area contributed by atoms with Gasteiger partial charge in [-0.05, 0) is 78.4 Å². The van der Waals surface area contributed by atoms with Gasteiger partial charge in [0, 0.05) is 11.6 Å². The standard InChI is InChI=1S/C27H26N2O5S/c1-16-6-10-24(32-2)23(12-16)29-35(30,31)18-8-9-22-21(14-18)19-4-3-5-20(19)27(28-22)17-7-11-25-26(13-17)34-15-33-25/h3-4,6-14,19-20,27-29H,5,15H2,1-2H3/t19-,20+,27+/m0/s1. The van der Waals surface area contributed by atoms with Gasteiger partial charge in [-0.1, -0.05) is 24.3 Å². The highest BCUT2D eigenvalue weighted by molar-refractivity contribution is 7.92. The average molecular weight is 491 g/mol. The molecule has 2 heterocycles. The molecule has 0 amide bonds. The van der Waals surface area contributed by atoms with Gasteiger partial charge in [-0.25, -0.2) is 8.42 Å². The lowest BCUT2D eigenvalue weighted by atomic mass is 9.77. The second-order valence-corrected chi connectivity index (χ2v) is 10.8. The van der Waals surface area contributed by atoms with Crippen LogP contribution < -0.4 is 24.2 Å². The number of fused-ring (bicyclic) bond motifs is 4. The van der Waals surface area contributed by atoms with Crippen LogP contribution in [0.5, 0.6) is 17.2 Å². The number of benzene rings is 3. The molecule has 3 atom stereocenters. The van der Waals surface area contributed by atoms with E-state index in [2.05, 4.69) is 28.3 Å². The highest BCUT2D eigenvalue weighted by atomic mass is 32.2. The predicted octanol–water partition coefficient (Wildman–Crippen LogP) is 5.36. The first-order valence-corrected chi connectivity index (χ1v) is 13.1. The van der Waals surface area contributed by atoms with Crippen LogP contribution in [0.25, 0.3) is 0 Å². The molecule has 180 valence electrons. The van der Waals surface area contributed by atoms with E-state index in [0.717, 1.165) is 40.3 Å². The zero-order chi connectivity index (χ0) is 24.2. The Kier molecular flexibility index (Phi) is 5.14. The third-order valence-corrected chi connectivity index (χ3v) is 8.36. The highest BCUT2D eigenvalue weighted by Crippen LogP contribution is 2.51. The molecule has 7 nitrogen and oxygen atoms in total. The Labute approximate surface area is 204 Å². The molecule has 0 bridgehead atoms. The van der Waals surface area contributed by atoms with E-state index in [0.29, 0.717) is 11.4 Å². The summed E-state index contributed by atoms with van der Waals surface area (Å²) in [5.41, 5.74) is 4.41. The van der Waals surface area contributed by atoms with Crippen molar-refractivity contribution in [3.05, 3.63) is 83.4 Å². The van der Waals surface area contributed by atoms with Crippen molar-refractivity contribution in [3.8, 4) is 17.2 Å². The normalized spacial score (nSPS) is 21.7. The number of aryl methyl sites for hydroxylation is 1. The van der Waals surface area contributed by atoms with Crippen molar-refractivity contribution in [2.75, 3.05) is 23.9 Å². The summed E-state index contributed by atoms with van der Waals surface area (Å²) >= 11 is 0. The number of rotatable bonds is 5. The Bertz CT molecular complexity index is 1450. The van der Waals surface area contributed by atoms with Crippen molar-refractivity contribution in [2.45, 2.75) is 30.2 Å². The molecule has 0 unspecified atom stereocenters. The number of ether oxygens (including phenoxy) is 3. The van der Waals surface area contributed by atoms with Gasteiger partial charge < -0.3 is 19.5 Å². The van der Waals surface area contributed by atoms with Crippen LogP contribution in [0, 0.1) is 12.8 Å². The molecule has 6 rings (SSSR count). The van der Waals surface area contributed by atoms with Crippen LogP contribution >= 0.6 is 0 Å². The molecular formula is C27H26N2O5S. The number of methoxy groups -OCH3 is 1. The van der Waals surface area contributed by atoms with E-state index in [1.54, 1.807) is 24.3 Å². The van der Waals surface area contributed by atoms with Gasteiger partial charge >= 0.3 is 0 Å². The molecule has 35 heavy (non-hydrogen) atoms. The Morgan fingerprint density at radius 3 is 2.74 bits per heavy atom. The fraction of sp³-hybridized carbons (Fsp3) is 0.259. The Morgan fingerprint density at radius 2 is 1.89 bits per heavy atom. The summed E-state index contributed by atoms with van der Waals surface area (Å²) in [6.45, 7) is 2.15. The van der Waals surface area contributed by atoms with Crippen molar-refractivity contribution in [2.24, 2.45) is 5.92 Å². The quantitative estimate of drug-likeness (QED) is 0.469. The van der Waals surface area contributed by atoms with Crippen LogP contribution in [0.1, 0.15) is 35.1 Å². The van der Waals surface area contributed by atoms with E-state index in [9.17, 15) is 8.42 Å². The minimum atomic E-state index is -3.81. The van der Waals surface area contributed by atoms with Crippen LogP contribution in [0.3, 0.4) is 0 Å². The Hall–Kier alpha value is -3.65. The molecule has 2 N–H and O–H groups in total. The summed E-state index contributed by atoms with van der Waals surface area (Å²) in [4.78, 5) is 0.224. The zero-order valence-electron chi connectivity index (χ0n) is 19.4. The molecule has 8 heteroatoms. The molecule has 2 aliphatic heterocycles. The van der Waals surface area contributed by atoms with Gasteiger partial charge in [0.25, 0.3) is 10.0 Å². The third-order valence-electron chi connectivity index (χ3n) is 7.00. The number of hydrogen-bond acceptors (Lipinski definition) is 6. The summed E-state index contributed by atoms with van der Waals surface area (Å²) in [7, 11) is -2.29. The lowest BCUT2D eigenvalue weighted by molar-refractivity contribution is 0.174. The molecule has 0 aromatic heterocycles. The van der Waals surface area contributed by atoms with Gasteiger partial charge in [0.15, 0.2) is 11.5 Å². The second-order valence-electron chi connectivity index (χ2n) is 9.15. The van der Waals surface area contributed by atoms with Crippen molar-refractivity contribution >= 4 is 21.4 Å². The van der Waals surface area contributed by atoms with Crippen LogP contribution in [-0.4, -0.2) is 22.3 Å². The van der Waals surface area contributed by atoms with Crippen molar-refractivity contribution in [1.82, 2.24) is 0 Å². The minimum absolute atomic E-state index is 0.0779. The number of hydrogen-bond donors (Lipinski definition) is 2. The summed E-state index contributed by atoms with van der Waals surface area (Å²) in [5, 5.41) is 3.66. The number of sulfonamides is 1. The van der Waals surface area contributed by atoms with Crippen LogP contribution in [0.4, 0.5) is 11.4 Å². The van der Waals surface area contributed by atoms with Gasteiger partial charge in [0.2, 0.25) is 6.79 Å².